The van der Waals surface area contributed by atoms with Crippen LogP contribution in [0.4, 0.5) is 0 Å². The van der Waals surface area contributed by atoms with Crippen molar-refractivity contribution in [2.45, 2.75) is 24.4 Å². The minimum Gasteiger partial charge on any atom is -0.376 e. The van der Waals surface area contributed by atoms with Crippen molar-refractivity contribution in [3.05, 3.63) is 16.1 Å². The summed E-state index contributed by atoms with van der Waals surface area (Å²) in [6.07, 6.45) is -3.04. The van der Waals surface area contributed by atoms with Crippen molar-refractivity contribution >= 4 is 32.4 Å². The molecule has 1 aliphatic heterocycles. The lowest BCUT2D eigenvalue weighted by Gasteiger charge is -2.22. The van der Waals surface area contributed by atoms with Gasteiger partial charge in [-0.1, -0.05) is 0 Å². The van der Waals surface area contributed by atoms with E-state index in [9.17, 15) is 18.8 Å². The molecule has 1 aromatic rings. The maximum atomic E-state index is 11.8. The second kappa shape index (κ2) is 8.75. The number of hydrogen-bond acceptors (Lipinski definition) is 9. The lowest BCUT2D eigenvalue weighted by molar-refractivity contribution is -0.0371. The highest BCUT2D eigenvalue weighted by Gasteiger charge is 2.48. The summed E-state index contributed by atoms with van der Waals surface area (Å²) in [5.41, 5.74) is 5.24. The largest absolute Gasteiger partial charge is 0.376 e. The van der Waals surface area contributed by atoms with E-state index in [1.807, 2.05) is 0 Å². The summed E-state index contributed by atoms with van der Waals surface area (Å²) in [6, 6.07) is 0. The van der Waals surface area contributed by atoms with Crippen molar-refractivity contribution in [3.8, 4) is 0 Å². The number of nitrogens with two attached hydrogens (primary N) is 1. The van der Waals surface area contributed by atoms with Gasteiger partial charge in [0.25, 0.3) is 5.91 Å². The van der Waals surface area contributed by atoms with E-state index in [-0.39, 0.29) is 5.69 Å². The SMILES string of the molecule is COC1C(COP(=O)(O)CP(=O)(O)O)OC(c2nc(C(N)=O)cs2)C1OC. The van der Waals surface area contributed by atoms with Crippen LogP contribution in [0.25, 0.3) is 0 Å². The van der Waals surface area contributed by atoms with E-state index in [2.05, 4.69) is 4.98 Å². The molecule has 1 saturated heterocycles. The molecule has 1 fully saturated rings. The summed E-state index contributed by atoms with van der Waals surface area (Å²) in [5, 5.41) is 1.85. The molecule has 0 radical (unpaired) electrons. The van der Waals surface area contributed by atoms with Gasteiger partial charge in [-0.05, 0) is 0 Å². The van der Waals surface area contributed by atoms with E-state index in [1.54, 1.807) is 0 Å². The molecule has 1 aromatic heterocycles. The predicted molar refractivity (Wildman–Crippen MR) is 92.5 cm³/mol. The Kier molecular flexibility index (Phi) is 7.31. The Morgan fingerprint density at radius 3 is 2.41 bits per heavy atom. The number of carbonyl (C=O) groups excluding carboxylic acids is 1. The third kappa shape index (κ3) is 5.88. The molecule has 5 unspecified atom stereocenters. The summed E-state index contributed by atoms with van der Waals surface area (Å²) in [6.45, 7) is -0.475. The van der Waals surface area contributed by atoms with E-state index in [1.165, 1.54) is 19.6 Å². The average Bonchev–Trinajstić information content (AvgIpc) is 3.14. The highest BCUT2D eigenvalue weighted by atomic mass is 32.1. The highest BCUT2D eigenvalue weighted by molar-refractivity contribution is 7.70. The van der Waals surface area contributed by atoms with Crippen molar-refractivity contribution in [2.75, 3.05) is 26.7 Å². The van der Waals surface area contributed by atoms with Gasteiger partial charge in [0, 0.05) is 19.6 Å². The Morgan fingerprint density at radius 2 is 1.93 bits per heavy atom. The molecule has 0 aliphatic carbocycles. The van der Waals surface area contributed by atoms with Crippen LogP contribution in [0.2, 0.25) is 0 Å². The van der Waals surface area contributed by atoms with Crippen molar-refractivity contribution in [2.24, 2.45) is 5.73 Å². The number of hydrogen-bond donors (Lipinski definition) is 4. The smallest absolute Gasteiger partial charge is 0.340 e. The van der Waals surface area contributed by atoms with Crippen LogP contribution in [-0.4, -0.2) is 70.6 Å². The van der Waals surface area contributed by atoms with E-state index in [4.69, 9.17) is 34.3 Å². The molecule has 27 heavy (non-hydrogen) atoms. The van der Waals surface area contributed by atoms with Crippen LogP contribution >= 0.6 is 26.5 Å². The molecule has 1 aliphatic rings. The van der Waals surface area contributed by atoms with E-state index in [0.717, 1.165) is 11.3 Å². The summed E-state index contributed by atoms with van der Waals surface area (Å²) < 4.78 is 44.0. The zero-order chi connectivity index (χ0) is 20.4. The molecule has 0 bridgehead atoms. The number of rotatable bonds is 9. The first-order valence-corrected chi connectivity index (χ1v) is 11.9. The number of amides is 1. The first-order valence-electron chi connectivity index (χ1n) is 7.44. The number of carbonyl (C=O) groups is 1. The first kappa shape index (κ1) is 22.6. The van der Waals surface area contributed by atoms with Crippen LogP contribution in [0.5, 0.6) is 0 Å². The fraction of sp³-hybridized carbons (Fsp3) is 0.667. The Labute approximate surface area is 158 Å². The van der Waals surface area contributed by atoms with Gasteiger partial charge in [-0.15, -0.1) is 11.3 Å². The van der Waals surface area contributed by atoms with Gasteiger partial charge in [-0.3, -0.25) is 13.9 Å². The van der Waals surface area contributed by atoms with E-state index < -0.39 is 58.0 Å². The lowest BCUT2D eigenvalue weighted by Crippen LogP contribution is -2.36. The van der Waals surface area contributed by atoms with Gasteiger partial charge in [-0.25, -0.2) is 4.98 Å². The molecule has 0 spiro atoms. The Bertz CT molecular complexity index is 767. The normalized spacial score (nSPS) is 28.2. The molecule has 2 heterocycles. The Balaban J connectivity index is 2.14. The van der Waals surface area contributed by atoms with Crippen molar-refractivity contribution < 1.29 is 47.3 Å². The molecule has 1 amide bonds. The van der Waals surface area contributed by atoms with Crippen molar-refractivity contribution in [1.82, 2.24) is 4.98 Å². The van der Waals surface area contributed by atoms with E-state index in [0.29, 0.717) is 5.01 Å². The van der Waals surface area contributed by atoms with Crippen LogP contribution in [0.3, 0.4) is 0 Å². The number of thiazole rings is 1. The summed E-state index contributed by atoms with van der Waals surface area (Å²) in [5.74, 6) is -2.01. The monoisotopic (exact) mass is 446 g/mol. The Morgan fingerprint density at radius 1 is 1.30 bits per heavy atom. The molecule has 0 aromatic carbocycles. The molecule has 2 rings (SSSR count). The van der Waals surface area contributed by atoms with Crippen LogP contribution in [0.1, 0.15) is 21.6 Å². The van der Waals surface area contributed by atoms with Gasteiger partial charge in [0.2, 0.25) is 0 Å². The van der Waals surface area contributed by atoms with Crippen LogP contribution in [-0.2, 0) is 27.9 Å². The Hall–Kier alpha value is -0.720. The summed E-state index contributed by atoms with van der Waals surface area (Å²) in [4.78, 5) is 42.6. The van der Waals surface area contributed by atoms with Crippen LogP contribution in [0.15, 0.2) is 5.38 Å². The number of methoxy groups -OCH3 is 2. The second-order valence-electron chi connectivity index (χ2n) is 5.67. The maximum Gasteiger partial charge on any atom is 0.340 e. The molecular formula is C12H20N2O10P2S. The van der Waals surface area contributed by atoms with Gasteiger partial charge >= 0.3 is 15.2 Å². The minimum atomic E-state index is -4.74. The third-order valence-electron chi connectivity index (χ3n) is 3.68. The molecule has 0 saturated carbocycles. The standard InChI is InChI=1S/C12H20N2O10P2S/c1-21-8-7(3-23-26(19,20)5-25(16,17)18)24-10(9(8)22-2)12-14-6(4-27-12)11(13)15/h4,7-10H,3,5H2,1-2H3,(H2,13,15)(H,19,20)(H2,16,17,18). The summed E-state index contributed by atoms with van der Waals surface area (Å²) in [7, 11) is -6.51. The topological polar surface area (TPSA) is 188 Å². The molecule has 5 N–H and O–H groups in total. The molecular weight excluding hydrogens is 426 g/mol. The predicted octanol–water partition coefficient (Wildman–Crippen LogP) is 0.0491. The number of nitrogens with zero attached hydrogens (tertiary/aromatic N) is 1. The molecule has 5 atom stereocenters. The first-order chi connectivity index (χ1) is 12.5. The quantitative estimate of drug-likeness (QED) is 0.375. The van der Waals surface area contributed by atoms with Gasteiger partial charge in [0.1, 0.15) is 35.1 Å². The van der Waals surface area contributed by atoms with Gasteiger partial charge in [-0.2, -0.15) is 0 Å². The van der Waals surface area contributed by atoms with Gasteiger partial charge in [0.05, 0.1) is 6.61 Å². The zero-order valence-electron chi connectivity index (χ0n) is 14.3. The fourth-order valence-electron chi connectivity index (χ4n) is 2.60. The average molecular weight is 446 g/mol. The maximum absolute atomic E-state index is 11.8. The molecule has 12 nitrogen and oxygen atoms in total. The molecule has 154 valence electrons. The highest BCUT2D eigenvalue weighted by Crippen LogP contribution is 2.55. The summed E-state index contributed by atoms with van der Waals surface area (Å²) >= 11 is 1.12. The minimum absolute atomic E-state index is 0.0589. The number of primary amides is 1. The second-order valence-corrected chi connectivity index (χ2v) is 10.6. The zero-order valence-corrected chi connectivity index (χ0v) is 16.9. The fourth-order valence-corrected chi connectivity index (χ4v) is 6.04. The van der Waals surface area contributed by atoms with Crippen molar-refractivity contribution in [1.29, 1.82) is 0 Å². The van der Waals surface area contributed by atoms with Crippen LogP contribution < -0.4 is 5.73 Å². The van der Waals surface area contributed by atoms with Crippen LogP contribution in [0, 0.1) is 0 Å². The van der Waals surface area contributed by atoms with E-state index >= 15 is 0 Å². The van der Waals surface area contributed by atoms with Crippen molar-refractivity contribution in [3.63, 3.8) is 0 Å². The van der Waals surface area contributed by atoms with Gasteiger partial charge in [0.15, 0.2) is 5.90 Å². The third-order valence-corrected chi connectivity index (χ3v) is 8.04. The van der Waals surface area contributed by atoms with Gasteiger partial charge < -0.3 is 39.1 Å². The number of ether oxygens (including phenoxy) is 3. The lowest BCUT2D eigenvalue weighted by atomic mass is 10.1. The molecule has 15 heteroatoms. The number of aromatic nitrogens is 1.